The van der Waals surface area contributed by atoms with Gasteiger partial charge < -0.3 is 14.3 Å². The quantitative estimate of drug-likeness (QED) is 0.592. The number of rotatable bonds is 5. The minimum Gasteiger partial charge on any atom is -0.472 e. The van der Waals surface area contributed by atoms with Gasteiger partial charge in [0.05, 0.1) is 24.1 Å². The fourth-order valence-electron chi connectivity index (χ4n) is 2.42. The first-order valence-electron chi connectivity index (χ1n) is 7.66. The highest BCUT2D eigenvalue weighted by atomic mass is 16.5. The van der Waals surface area contributed by atoms with Crippen molar-refractivity contribution < 1.29 is 8.94 Å². The molecule has 0 spiro atoms. The number of benzene rings is 1. The van der Waals surface area contributed by atoms with Crippen LogP contribution in [0, 0.1) is 13.8 Å². The van der Waals surface area contributed by atoms with Crippen LogP contribution in [0.2, 0.25) is 0 Å². The fourth-order valence-corrected chi connectivity index (χ4v) is 2.42. The van der Waals surface area contributed by atoms with Gasteiger partial charge in [0, 0.05) is 5.69 Å². The molecule has 4 rings (SSSR count). The lowest BCUT2D eigenvalue weighted by Crippen LogP contribution is -2.05. The normalized spacial score (nSPS) is 11.0. The highest BCUT2D eigenvalue weighted by molar-refractivity contribution is 5.55. The van der Waals surface area contributed by atoms with E-state index >= 15 is 0 Å². The number of aryl methyl sites for hydroxylation is 2. The first kappa shape index (κ1) is 15.1. The van der Waals surface area contributed by atoms with Gasteiger partial charge in [0.1, 0.15) is 6.26 Å². The highest BCUT2D eigenvalue weighted by Gasteiger charge is 2.11. The molecule has 4 aromatic rings. The molecule has 0 saturated heterocycles. The Balaban J connectivity index is 1.51. The second-order valence-corrected chi connectivity index (χ2v) is 5.52. The van der Waals surface area contributed by atoms with Crippen LogP contribution < -0.4 is 5.32 Å². The standard InChI is InChI=1S/C16H15N7O2/c1-10-3-4-13(7-14(10)23-11(2)19-21-22-23)17-8-15-18-16(20-25-15)12-5-6-24-9-12/h3-7,9,17H,8H2,1-2H3. The maximum absolute atomic E-state index is 5.25. The monoisotopic (exact) mass is 337 g/mol. The molecule has 0 atom stereocenters. The molecule has 1 N–H and O–H groups in total. The Kier molecular flexibility index (Phi) is 3.73. The van der Waals surface area contributed by atoms with E-state index in [4.69, 9.17) is 8.94 Å². The van der Waals surface area contributed by atoms with Gasteiger partial charge in [-0.3, -0.25) is 0 Å². The average Bonchev–Trinajstić information content (AvgIpc) is 3.35. The van der Waals surface area contributed by atoms with Crippen LogP contribution in [0.25, 0.3) is 17.1 Å². The van der Waals surface area contributed by atoms with E-state index in [0.717, 1.165) is 28.3 Å². The van der Waals surface area contributed by atoms with E-state index in [1.807, 2.05) is 32.0 Å². The van der Waals surface area contributed by atoms with Crippen molar-refractivity contribution in [2.75, 3.05) is 5.32 Å². The maximum Gasteiger partial charge on any atom is 0.246 e. The van der Waals surface area contributed by atoms with Crippen LogP contribution in [-0.4, -0.2) is 30.3 Å². The summed E-state index contributed by atoms with van der Waals surface area (Å²) in [4.78, 5) is 4.33. The summed E-state index contributed by atoms with van der Waals surface area (Å²) in [6.45, 7) is 4.27. The van der Waals surface area contributed by atoms with Crippen LogP contribution in [0.3, 0.4) is 0 Å². The van der Waals surface area contributed by atoms with E-state index in [2.05, 4.69) is 31.0 Å². The second kappa shape index (κ2) is 6.19. The number of anilines is 1. The van der Waals surface area contributed by atoms with E-state index in [-0.39, 0.29) is 0 Å². The molecule has 9 nitrogen and oxygen atoms in total. The number of hydrogen-bond acceptors (Lipinski definition) is 8. The molecule has 9 heteroatoms. The Labute approximate surface area is 142 Å². The molecule has 1 aromatic carbocycles. The van der Waals surface area contributed by atoms with E-state index in [1.54, 1.807) is 23.3 Å². The predicted octanol–water partition coefficient (Wildman–Crippen LogP) is 2.53. The number of nitrogens with zero attached hydrogens (tertiary/aromatic N) is 6. The molecule has 0 aliphatic carbocycles. The fraction of sp³-hybridized carbons (Fsp3) is 0.188. The van der Waals surface area contributed by atoms with Gasteiger partial charge in [-0.15, -0.1) is 5.10 Å². The summed E-state index contributed by atoms with van der Waals surface area (Å²) in [5.41, 5.74) is 3.67. The van der Waals surface area contributed by atoms with Crippen LogP contribution in [0.4, 0.5) is 5.69 Å². The third kappa shape index (κ3) is 2.99. The Morgan fingerprint density at radius 3 is 2.88 bits per heavy atom. The summed E-state index contributed by atoms with van der Waals surface area (Å²) in [5, 5.41) is 18.8. The van der Waals surface area contributed by atoms with Gasteiger partial charge >= 0.3 is 0 Å². The van der Waals surface area contributed by atoms with Gasteiger partial charge in [-0.2, -0.15) is 9.67 Å². The van der Waals surface area contributed by atoms with E-state index in [1.165, 1.54) is 0 Å². The molecule has 0 saturated carbocycles. The predicted molar refractivity (Wildman–Crippen MR) is 88.0 cm³/mol. The zero-order valence-corrected chi connectivity index (χ0v) is 13.7. The molecule has 0 radical (unpaired) electrons. The number of nitrogens with one attached hydrogen (secondary N) is 1. The van der Waals surface area contributed by atoms with Crippen molar-refractivity contribution in [1.29, 1.82) is 0 Å². The van der Waals surface area contributed by atoms with Crippen molar-refractivity contribution >= 4 is 5.69 Å². The third-order valence-electron chi connectivity index (χ3n) is 3.75. The van der Waals surface area contributed by atoms with Crippen molar-refractivity contribution in [3.63, 3.8) is 0 Å². The zero-order valence-electron chi connectivity index (χ0n) is 13.7. The van der Waals surface area contributed by atoms with Crippen LogP contribution in [0.1, 0.15) is 17.3 Å². The van der Waals surface area contributed by atoms with Crippen LogP contribution in [0.5, 0.6) is 0 Å². The summed E-state index contributed by atoms with van der Waals surface area (Å²) >= 11 is 0. The van der Waals surface area contributed by atoms with Gasteiger partial charge in [0.15, 0.2) is 5.82 Å². The molecule has 0 unspecified atom stereocenters. The number of furan rings is 1. The number of aromatic nitrogens is 6. The molecule has 0 bridgehead atoms. The van der Waals surface area contributed by atoms with Crippen LogP contribution >= 0.6 is 0 Å². The zero-order chi connectivity index (χ0) is 17.2. The summed E-state index contributed by atoms with van der Waals surface area (Å²) in [5.74, 6) is 1.71. The molecule has 25 heavy (non-hydrogen) atoms. The summed E-state index contributed by atoms with van der Waals surface area (Å²) in [7, 11) is 0. The van der Waals surface area contributed by atoms with Gasteiger partial charge in [0.25, 0.3) is 0 Å². The molecule has 0 fully saturated rings. The lowest BCUT2D eigenvalue weighted by molar-refractivity contribution is 0.384. The summed E-state index contributed by atoms with van der Waals surface area (Å²) in [6, 6.07) is 7.74. The largest absolute Gasteiger partial charge is 0.472 e. The Hall–Kier alpha value is -3.49. The smallest absolute Gasteiger partial charge is 0.246 e. The SMILES string of the molecule is Cc1ccc(NCc2nc(-c3ccoc3)no2)cc1-n1nnnc1C. The third-order valence-corrected chi connectivity index (χ3v) is 3.75. The van der Waals surface area contributed by atoms with Crippen molar-refractivity contribution in [3.05, 3.63) is 54.1 Å². The molecule has 0 aliphatic rings. The van der Waals surface area contributed by atoms with Gasteiger partial charge in [-0.25, -0.2) is 0 Å². The first-order chi connectivity index (χ1) is 12.2. The maximum atomic E-state index is 5.25. The van der Waals surface area contributed by atoms with Gasteiger partial charge in [0.2, 0.25) is 11.7 Å². The highest BCUT2D eigenvalue weighted by Crippen LogP contribution is 2.20. The van der Waals surface area contributed by atoms with Crippen molar-refractivity contribution in [2.45, 2.75) is 20.4 Å². The van der Waals surface area contributed by atoms with Crippen LogP contribution in [0.15, 0.2) is 45.7 Å². The Morgan fingerprint density at radius 1 is 1.20 bits per heavy atom. The Morgan fingerprint density at radius 2 is 2.12 bits per heavy atom. The van der Waals surface area contributed by atoms with Crippen LogP contribution in [-0.2, 0) is 6.54 Å². The first-order valence-corrected chi connectivity index (χ1v) is 7.66. The molecule has 3 heterocycles. The van der Waals surface area contributed by atoms with Crippen molar-refractivity contribution in [2.24, 2.45) is 0 Å². The van der Waals surface area contributed by atoms with Gasteiger partial charge in [-0.05, 0) is 48.0 Å². The van der Waals surface area contributed by atoms with E-state index in [0.29, 0.717) is 18.3 Å². The van der Waals surface area contributed by atoms with Crippen molar-refractivity contribution in [1.82, 2.24) is 30.3 Å². The summed E-state index contributed by atoms with van der Waals surface area (Å²) in [6.07, 6.45) is 3.14. The lowest BCUT2D eigenvalue weighted by atomic mass is 10.2. The minimum absolute atomic E-state index is 0.405. The molecule has 126 valence electrons. The minimum atomic E-state index is 0.405. The Bertz CT molecular complexity index is 988. The van der Waals surface area contributed by atoms with E-state index < -0.39 is 0 Å². The van der Waals surface area contributed by atoms with E-state index in [9.17, 15) is 0 Å². The molecular weight excluding hydrogens is 322 g/mol. The molecular formula is C16H15N7O2. The summed E-state index contributed by atoms with van der Waals surface area (Å²) < 4.78 is 12.0. The van der Waals surface area contributed by atoms with Gasteiger partial charge in [-0.1, -0.05) is 11.2 Å². The topological polar surface area (TPSA) is 108 Å². The lowest BCUT2D eigenvalue weighted by Gasteiger charge is -2.10. The second-order valence-electron chi connectivity index (χ2n) is 5.52. The number of tetrazole rings is 1. The average molecular weight is 337 g/mol. The van der Waals surface area contributed by atoms with Crippen molar-refractivity contribution in [3.8, 4) is 17.1 Å². The molecule has 0 aliphatic heterocycles. The molecule has 3 aromatic heterocycles. The molecule has 0 amide bonds. The number of hydrogen-bond donors (Lipinski definition) is 1.